The van der Waals surface area contributed by atoms with Crippen molar-refractivity contribution in [1.82, 2.24) is 9.97 Å². The molecule has 0 atom stereocenters. The zero-order valence-electron chi connectivity index (χ0n) is 9.57. The first-order valence-electron chi connectivity index (χ1n) is 5.12. The van der Waals surface area contributed by atoms with Gasteiger partial charge in [0.05, 0.1) is 11.7 Å². The molecule has 2 aromatic rings. The van der Waals surface area contributed by atoms with Gasteiger partial charge < -0.3 is 9.72 Å². The average molecular weight is 218 g/mol. The number of carbonyl (C=O) groups is 1. The molecule has 0 saturated carbocycles. The van der Waals surface area contributed by atoms with E-state index in [1.165, 1.54) is 0 Å². The Balaban J connectivity index is 2.30. The summed E-state index contributed by atoms with van der Waals surface area (Å²) in [6, 6.07) is 3.62. The molecule has 4 heteroatoms. The molecular formula is C12H14N2O2. The Morgan fingerprint density at radius 2 is 2.19 bits per heavy atom. The van der Waals surface area contributed by atoms with Crippen LogP contribution in [0.5, 0.6) is 0 Å². The Hall–Kier alpha value is -1.84. The fraction of sp³-hybridized carbons (Fsp3) is 0.333. The second-order valence-corrected chi connectivity index (χ2v) is 4.65. The molecule has 84 valence electrons. The van der Waals surface area contributed by atoms with Crippen molar-refractivity contribution in [2.45, 2.75) is 26.4 Å². The summed E-state index contributed by atoms with van der Waals surface area (Å²) in [7, 11) is 0. The van der Waals surface area contributed by atoms with Crippen LogP contribution in [0.4, 0.5) is 0 Å². The van der Waals surface area contributed by atoms with Gasteiger partial charge in [-0.1, -0.05) is 0 Å². The van der Waals surface area contributed by atoms with Crippen LogP contribution in [0.15, 0.2) is 24.5 Å². The number of aromatic amines is 1. The van der Waals surface area contributed by atoms with E-state index in [0.29, 0.717) is 5.69 Å². The number of fused-ring (bicyclic) bond motifs is 1. The van der Waals surface area contributed by atoms with Crippen LogP contribution < -0.4 is 0 Å². The van der Waals surface area contributed by atoms with Crippen LogP contribution in [0, 0.1) is 0 Å². The predicted molar refractivity (Wildman–Crippen MR) is 61.3 cm³/mol. The molecule has 4 nitrogen and oxygen atoms in total. The molecule has 0 saturated heterocycles. The van der Waals surface area contributed by atoms with Crippen molar-refractivity contribution >= 4 is 16.9 Å². The average Bonchev–Trinajstić information content (AvgIpc) is 2.58. The maximum Gasteiger partial charge on any atom is 0.355 e. The highest BCUT2D eigenvalue weighted by molar-refractivity contribution is 5.94. The van der Waals surface area contributed by atoms with E-state index in [2.05, 4.69) is 9.97 Å². The second-order valence-electron chi connectivity index (χ2n) is 4.65. The highest BCUT2D eigenvalue weighted by Gasteiger charge is 2.19. The molecule has 0 spiro atoms. The Bertz CT molecular complexity index is 490. The van der Waals surface area contributed by atoms with Crippen molar-refractivity contribution in [3.05, 3.63) is 30.2 Å². The number of H-pyrrole nitrogens is 1. The van der Waals surface area contributed by atoms with Crippen LogP contribution in [-0.4, -0.2) is 21.5 Å². The summed E-state index contributed by atoms with van der Waals surface area (Å²) in [6.45, 7) is 5.53. The van der Waals surface area contributed by atoms with E-state index in [1.807, 2.05) is 26.8 Å². The quantitative estimate of drug-likeness (QED) is 0.748. The number of hydrogen-bond donors (Lipinski definition) is 1. The molecular weight excluding hydrogens is 204 g/mol. The van der Waals surface area contributed by atoms with E-state index in [9.17, 15) is 4.79 Å². The number of ether oxygens (including phenoxy) is 1. The fourth-order valence-electron chi connectivity index (χ4n) is 1.42. The smallest absolute Gasteiger partial charge is 0.355 e. The van der Waals surface area contributed by atoms with Gasteiger partial charge in [-0.2, -0.15) is 0 Å². The van der Waals surface area contributed by atoms with Gasteiger partial charge in [0, 0.05) is 11.6 Å². The summed E-state index contributed by atoms with van der Waals surface area (Å²) in [6.07, 6.45) is 3.37. The number of aromatic nitrogens is 2. The first-order chi connectivity index (χ1) is 7.46. The lowest BCUT2D eigenvalue weighted by Gasteiger charge is -2.18. The molecule has 0 aromatic carbocycles. The SMILES string of the molecule is CC(C)(C)OC(=O)c1cc2ccncc2[nH]1. The minimum Gasteiger partial charge on any atom is -0.455 e. The van der Waals surface area contributed by atoms with E-state index in [0.717, 1.165) is 10.9 Å². The highest BCUT2D eigenvalue weighted by Crippen LogP contribution is 2.16. The minimum absolute atomic E-state index is 0.344. The molecule has 2 heterocycles. The van der Waals surface area contributed by atoms with E-state index in [4.69, 9.17) is 4.74 Å². The number of nitrogens with one attached hydrogen (secondary N) is 1. The third-order valence-electron chi connectivity index (χ3n) is 2.04. The summed E-state index contributed by atoms with van der Waals surface area (Å²) in [5.41, 5.74) is 0.813. The van der Waals surface area contributed by atoms with Crippen molar-refractivity contribution in [3.63, 3.8) is 0 Å². The maximum atomic E-state index is 11.8. The van der Waals surface area contributed by atoms with Gasteiger partial charge in [-0.15, -0.1) is 0 Å². The van der Waals surface area contributed by atoms with E-state index in [1.54, 1.807) is 18.5 Å². The molecule has 0 aliphatic heterocycles. The molecule has 0 amide bonds. The van der Waals surface area contributed by atoms with Crippen LogP contribution in [0.3, 0.4) is 0 Å². The monoisotopic (exact) mass is 218 g/mol. The predicted octanol–water partition coefficient (Wildman–Crippen LogP) is 2.52. The van der Waals surface area contributed by atoms with Crippen molar-refractivity contribution in [3.8, 4) is 0 Å². The normalized spacial score (nSPS) is 11.7. The van der Waals surface area contributed by atoms with Gasteiger partial charge in [-0.05, 0) is 32.9 Å². The number of esters is 1. The van der Waals surface area contributed by atoms with Crippen molar-refractivity contribution in [1.29, 1.82) is 0 Å². The molecule has 2 aromatic heterocycles. The lowest BCUT2D eigenvalue weighted by molar-refractivity contribution is 0.00639. The van der Waals surface area contributed by atoms with Crippen molar-refractivity contribution in [2.75, 3.05) is 0 Å². The van der Waals surface area contributed by atoms with Crippen LogP contribution in [0.2, 0.25) is 0 Å². The van der Waals surface area contributed by atoms with E-state index in [-0.39, 0.29) is 5.97 Å². The molecule has 0 unspecified atom stereocenters. The standard InChI is InChI=1S/C12H14N2O2/c1-12(2,3)16-11(15)9-6-8-4-5-13-7-10(8)14-9/h4-7,14H,1-3H3. The first kappa shape index (κ1) is 10.7. The second kappa shape index (κ2) is 3.63. The number of rotatable bonds is 1. The third-order valence-corrected chi connectivity index (χ3v) is 2.04. The lowest BCUT2D eigenvalue weighted by Crippen LogP contribution is -2.24. The van der Waals surface area contributed by atoms with Gasteiger partial charge in [-0.25, -0.2) is 4.79 Å². The third kappa shape index (κ3) is 2.21. The summed E-state index contributed by atoms with van der Waals surface area (Å²) in [5, 5.41) is 0.954. The van der Waals surface area contributed by atoms with Crippen molar-refractivity contribution in [2.24, 2.45) is 0 Å². The van der Waals surface area contributed by atoms with Gasteiger partial charge in [0.1, 0.15) is 11.3 Å². The molecule has 0 bridgehead atoms. The summed E-state index contributed by atoms with van der Waals surface area (Å²) >= 11 is 0. The van der Waals surface area contributed by atoms with Gasteiger partial charge >= 0.3 is 5.97 Å². The van der Waals surface area contributed by atoms with Gasteiger partial charge in [0.25, 0.3) is 0 Å². The Morgan fingerprint density at radius 3 is 2.81 bits per heavy atom. The van der Waals surface area contributed by atoms with Gasteiger partial charge in [0.15, 0.2) is 0 Å². The number of pyridine rings is 1. The molecule has 2 rings (SSSR count). The van der Waals surface area contributed by atoms with Gasteiger partial charge in [0.2, 0.25) is 0 Å². The maximum absolute atomic E-state index is 11.8. The molecule has 0 radical (unpaired) electrons. The van der Waals surface area contributed by atoms with Crippen LogP contribution in [0.1, 0.15) is 31.3 Å². The van der Waals surface area contributed by atoms with Crippen molar-refractivity contribution < 1.29 is 9.53 Å². The van der Waals surface area contributed by atoms with E-state index < -0.39 is 5.60 Å². The summed E-state index contributed by atoms with van der Waals surface area (Å²) in [4.78, 5) is 18.7. The Kier molecular flexibility index (Phi) is 2.42. The van der Waals surface area contributed by atoms with E-state index >= 15 is 0 Å². The minimum atomic E-state index is -0.480. The largest absolute Gasteiger partial charge is 0.455 e. The Labute approximate surface area is 93.6 Å². The molecule has 0 aliphatic rings. The molecule has 16 heavy (non-hydrogen) atoms. The topological polar surface area (TPSA) is 55.0 Å². The molecule has 0 fully saturated rings. The Morgan fingerprint density at radius 1 is 1.44 bits per heavy atom. The number of nitrogens with zero attached hydrogens (tertiary/aromatic N) is 1. The number of hydrogen-bond acceptors (Lipinski definition) is 3. The van der Waals surface area contributed by atoms with Crippen LogP contribution in [-0.2, 0) is 4.74 Å². The highest BCUT2D eigenvalue weighted by atomic mass is 16.6. The fourth-order valence-corrected chi connectivity index (χ4v) is 1.42. The zero-order valence-corrected chi connectivity index (χ0v) is 9.57. The molecule has 1 N–H and O–H groups in total. The van der Waals surface area contributed by atoms with Crippen LogP contribution >= 0.6 is 0 Å². The summed E-state index contributed by atoms with van der Waals surface area (Å²) in [5.74, 6) is -0.344. The lowest BCUT2D eigenvalue weighted by atomic mass is 10.2. The van der Waals surface area contributed by atoms with Crippen LogP contribution in [0.25, 0.3) is 10.9 Å². The summed E-state index contributed by atoms with van der Waals surface area (Å²) < 4.78 is 5.26. The number of carbonyl (C=O) groups excluding carboxylic acids is 1. The van der Waals surface area contributed by atoms with Gasteiger partial charge in [-0.3, -0.25) is 4.98 Å². The first-order valence-corrected chi connectivity index (χ1v) is 5.12. The zero-order chi connectivity index (χ0) is 11.8. The molecule has 0 aliphatic carbocycles.